The van der Waals surface area contributed by atoms with Gasteiger partial charge in [-0.15, -0.1) is 0 Å². The SMILES string of the molecule is O=C(O)[C@@]12CCC[C@H]1CN(c1nc3cccc(F)c3s1)C2. The third-order valence-electron chi connectivity index (χ3n) is 4.92. The van der Waals surface area contributed by atoms with E-state index in [1.165, 1.54) is 17.4 Å². The van der Waals surface area contributed by atoms with E-state index in [9.17, 15) is 14.3 Å². The zero-order valence-electron chi connectivity index (χ0n) is 11.4. The number of halogens is 1. The van der Waals surface area contributed by atoms with Crippen molar-refractivity contribution in [3.8, 4) is 0 Å². The molecule has 1 saturated heterocycles. The molecular weight excluding hydrogens is 291 g/mol. The Balaban J connectivity index is 1.71. The Morgan fingerprint density at radius 3 is 3.10 bits per heavy atom. The number of nitrogens with zero attached hydrogens (tertiary/aromatic N) is 2. The molecule has 2 heterocycles. The van der Waals surface area contributed by atoms with Crippen molar-refractivity contribution >= 4 is 32.7 Å². The van der Waals surface area contributed by atoms with Crippen molar-refractivity contribution in [2.75, 3.05) is 18.0 Å². The number of thiazole rings is 1. The first-order valence-corrected chi connectivity index (χ1v) is 7.95. The highest BCUT2D eigenvalue weighted by atomic mass is 32.1. The largest absolute Gasteiger partial charge is 0.481 e. The molecule has 1 aliphatic heterocycles. The van der Waals surface area contributed by atoms with Crippen molar-refractivity contribution in [1.82, 2.24) is 4.98 Å². The first-order valence-electron chi connectivity index (χ1n) is 7.13. The van der Waals surface area contributed by atoms with Crippen LogP contribution in [0.15, 0.2) is 18.2 Å². The summed E-state index contributed by atoms with van der Waals surface area (Å²) in [5.41, 5.74) is 0.0209. The Bertz CT molecular complexity index is 732. The van der Waals surface area contributed by atoms with Crippen molar-refractivity contribution in [3.63, 3.8) is 0 Å². The average Bonchev–Trinajstić information content (AvgIpc) is 3.09. The number of anilines is 1. The number of carboxylic acids is 1. The third-order valence-corrected chi connectivity index (χ3v) is 6.06. The first kappa shape index (κ1) is 13.0. The number of benzene rings is 1. The maximum Gasteiger partial charge on any atom is 0.311 e. The van der Waals surface area contributed by atoms with Gasteiger partial charge in [-0.3, -0.25) is 4.79 Å². The van der Waals surface area contributed by atoms with E-state index >= 15 is 0 Å². The molecule has 0 amide bonds. The Morgan fingerprint density at radius 2 is 2.38 bits per heavy atom. The lowest BCUT2D eigenvalue weighted by molar-refractivity contribution is -0.149. The minimum Gasteiger partial charge on any atom is -0.481 e. The van der Waals surface area contributed by atoms with Gasteiger partial charge < -0.3 is 10.0 Å². The number of aliphatic carboxylic acids is 1. The second kappa shape index (κ2) is 4.40. The predicted molar refractivity (Wildman–Crippen MR) is 79.2 cm³/mol. The van der Waals surface area contributed by atoms with Crippen LogP contribution >= 0.6 is 11.3 Å². The molecule has 4 nitrogen and oxygen atoms in total. The van der Waals surface area contributed by atoms with Gasteiger partial charge in [0, 0.05) is 13.1 Å². The van der Waals surface area contributed by atoms with Gasteiger partial charge in [-0.25, -0.2) is 9.37 Å². The van der Waals surface area contributed by atoms with E-state index in [0.29, 0.717) is 23.3 Å². The molecule has 0 bridgehead atoms. The van der Waals surface area contributed by atoms with Crippen molar-refractivity contribution in [3.05, 3.63) is 24.0 Å². The van der Waals surface area contributed by atoms with E-state index in [2.05, 4.69) is 4.98 Å². The average molecular weight is 306 g/mol. The van der Waals surface area contributed by atoms with Crippen LogP contribution in [0, 0.1) is 17.2 Å². The van der Waals surface area contributed by atoms with Crippen LogP contribution in [0.25, 0.3) is 10.2 Å². The van der Waals surface area contributed by atoms with Crippen LogP contribution in [0.1, 0.15) is 19.3 Å². The summed E-state index contributed by atoms with van der Waals surface area (Å²) < 4.78 is 14.3. The topological polar surface area (TPSA) is 53.4 Å². The number of carboxylic acid groups (broad SMARTS) is 1. The summed E-state index contributed by atoms with van der Waals surface area (Å²) in [7, 11) is 0. The molecule has 0 unspecified atom stereocenters. The molecule has 0 radical (unpaired) electrons. The van der Waals surface area contributed by atoms with Gasteiger partial charge >= 0.3 is 5.97 Å². The normalized spacial score (nSPS) is 28.2. The maximum atomic E-state index is 13.8. The summed E-state index contributed by atoms with van der Waals surface area (Å²) in [5, 5.41) is 10.4. The maximum absolute atomic E-state index is 13.8. The molecule has 21 heavy (non-hydrogen) atoms. The predicted octanol–water partition coefficient (Wildman–Crippen LogP) is 3.13. The molecule has 2 atom stereocenters. The molecular formula is C15H15FN2O2S. The summed E-state index contributed by atoms with van der Waals surface area (Å²) in [6.45, 7) is 1.21. The van der Waals surface area contributed by atoms with Gasteiger partial charge in [-0.1, -0.05) is 23.8 Å². The molecule has 4 rings (SSSR count). The van der Waals surface area contributed by atoms with Crippen LogP contribution in [0.3, 0.4) is 0 Å². The van der Waals surface area contributed by atoms with Crippen molar-refractivity contribution in [2.24, 2.45) is 11.3 Å². The first-order chi connectivity index (χ1) is 10.1. The molecule has 1 aromatic heterocycles. The van der Waals surface area contributed by atoms with E-state index < -0.39 is 11.4 Å². The van der Waals surface area contributed by atoms with Crippen molar-refractivity contribution < 1.29 is 14.3 Å². The standard InChI is InChI=1S/C15H15FN2O2S/c16-10-4-1-5-11-12(10)21-14(17-11)18-7-9-3-2-6-15(9,8-18)13(19)20/h1,4-5,9H,2-3,6-8H2,(H,19,20)/t9-,15+/m0/s1. The molecule has 1 N–H and O–H groups in total. The lowest BCUT2D eigenvalue weighted by Crippen LogP contribution is -2.35. The minimum absolute atomic E-state index is 0.187. The van der Waals surface area contributed by atoms with Gasteiger partial charge in [0.25, 0.3) is 0 Å². The van der Waals surface area contributed by atoms with Crippen LogP contribution in [0.4, 0.5) is 9.52 Å². The van der Waals surface area contributed by atoms with Gasteiger partial charge in [0.15, 0.2) is 5.13 Å². The Hall–Kier alpha value is -1.69. The zero-order chi connectivity index (χ0) is 14.6. The molecule has 1 saturated carbocycles. The molecule has 2 aromatic rings. The Kier molecular flexibility index (Phi) is 2.73. The molecule has 1 aromatic carbocycles. The molecule has 2 aliphatic rings. The van der Waals surface area contributed by atoms with Gasteiger partial charge in [0.2, 0.25) is 0 Å². The number of hydrogen-bond acceptors (Lipinski definition) is 4. The highest BCUT2D eigenvalue weighted by Gasteiger charge is 2.55. The summed E-state index contributed by atoms with van der Waals surface area (Å²) in [5.74, 6) is -0.768. The number of rotatable bonds is 2. The second-order valence-corrected chi connectivity index (χ2v) is 6.99. The van der Waals surface area contributed by atoms with E-state index in [4.69, 9.17) is 0 Å². The Labute approximate surface area is 125 Å². The second-order valence-electron chi connectivity index (χ2n) is 6.02. The van der Waals surface area contributed by atoms with E-state index in [0.717, 1.165) is 24.4 Å². The van der Waals surface area contributed by atoms with Crippen LogP contribution in [-0.2, 0) is 4.79 Å². The summed E-state index contributed by atoms with van der Waals surface area (Å²) in [6, 6.07) is 4.88. The quantitative estimate of drug-likeness (QED) is 0.926. The summed E-state index contributed by atoms with van der Waals surface area (Å²) >= 11 is 1.32. The number of aromatic nitrogens is 1. The smallest absolute Gasteiger partial charge is 0.311 e. The van der Waals surface area contributed by atoms with Crippen LogP contribution < -0.4 is 4.90 Å². The number of fused-ring (bicyclic) bond motifs is 2. The molecule has 0 spiro atoms. The van der Waals surface area contributed by atoms with Gasteiger partial charge in [-0.2, -0.15) is 0 Å². The van der Waals surface area contributed by atoms with Crippen molar-refractivity contribution in [1.29, 1.82) is 0 Å². The van der Waals surface area contributed by atoms with Crippen LogP contribution in [0.2, 0.25) is 0 Å². The van der Waals surface area contributed by atoms with Crippen molar-refractivity contribution in [2.45, 2.75) is 19.3 Å². The molecule has 6 heteroatoms. The fourth-order valence-electron chi connectivity index (χ4n) is 3.82. The van der Waals surface area contributed by atoms with E-state index in [-0.39, 0.29) is 11.7 Å². The van der Waals surface area contributed by atoms with Gasteiger partial charge in [-0.05, 0) is 30.9 Å². The van der Waals surface area contributed by atoms with Gasteiger partial charge in [0.1, 0.15) is 5.82 Å². The fraction of sp³-hybridized carbons (Fsp3) is 0.467. The minimum atomic E-state index is -0.695. The molecule has 1 aliphatic carbocycles. The summed E-state index contributed by atoms with van der Waals surface area (Å²) in [6.07, 6.45) is 2.68. The van der Waals surface area contributed by atoms with Gasteiger partial charge in [0.05, 0.1) is 15.6 Å². The molecule has 2 fully saturated rings. The fourth-order valence-corrected chi connectivity index (χ4v) is 4.80. The van der Waals surface area contributed by atoms with Crippen LogP contribution in [-0.4, -0.2) is 29.1 Å². The van der Waals surface area contributed by atoms with Crippen LogP contribution in [0.5, 0.6) is 0 Å². The van der Waals surface area contributed by atoms with E-state index in [1.54, 1.807) is 12.1 Å². The lowest BCUT2D eigenvalue weighted by atomic mass is 9.81. The zero-order valence-corrected chi connectivity index (χ0v) is 12.2. The molecule has 110 valence electrons. The highest BCUT2D eigenvalue weighted by molar-refractivity contribution is 7.22. The Morgan fingerprint density at radius 1 is 1.52 bits per heavy atom. The number of carbonyl (C=O) groups is 1. The third kappa shape index (κ3) is 1.78. The highest BCUT2D eigenvalue weighted by Crippen LogP contribution is 2.50. The monoisotopic (exact) mass is 306 g/mol. The lowest BCUT2D eigenvalue weighted by Gasteiger charge is -2.22. The number of hydrogen-bond donors (Lipinski definition) is 1. The summed E-state index contributed by atoms with van der Waals surface area (Å²) in [4.78, 5) is 18.2. The van der Waals surface area contributed by atoms with E-state index in [1.807, 2.05) is 4.90 Å².